The van der Waals surface area contributed by atoms with E-state index in [9.17, 15) is 9.18 Å². The highest BCUT2D eigenvalue weighted by atomic mass is 19.1. The second kappa shape index (κ2) is 9.46. The molecule has 34 heavy (non-hydrogen) atoms. The van der Waals surface area contributed by atoms with Crippen molar-refractivity contribution in [3.05, 3.63) is 66.2 Å². The molecule has 4 aromatic rings. The molecule has 0 aliphatic carbocycles. The van der Waals surface area contributed by atoms with E-state index in [0.717, 1.165) is 30.7 Å². The summed E-state index contributed by atoms with van der Waals surface area (Å²) in [6.45, 7) is 1.73. The number of ether oxygens (including phenoxy) is 1. The van der Waals surface area contributed by atoms with E-state index < -0.39 is 0 Å². The lowest BCUT2D eigenvalue weighted by molar-refractivity contribution is -0.125. The first-order chi connectivity index (χ1) is 16.6. The summed E-state index contributed by atoms with van der Waals surface area (Å²) in [7, 11) is 1.62. The summed E-state index contributed by atoms with van der Waals surface area (Å²) in [5.41, 5.74) is 2.63. The van der Waals surface area contributed by atoms with E-state index in [-0.39, 0.29) is 17.6 Å². The number of aromatic nitrogens is 3. The average molecular weight is 461 g/mol. The van der Waals surface area contributed by atoms with E-state index in [1.54, 1.807) is 19.2 Å². The molecule has 9 heteroatoms. The van der Waals surface area contributed by atoms with Crippen molar-refractivity contribution in [2.45, 2.75) is 19.4 Å². The first-order valence-electron chi connectivity index (χ1n) is 11.1. The molecule has 0 bridgehead atoms. The Balaban J connectivity index is 1.34. The number of benzene rings is 2. The number of fused-ring (bicyclic) bond motifs is 1. The summed E-state index contributed by atoms with van der Waals surface area (Å²) in [6.07, 6.45) is 3.08. The molecule has 1 N–H and O–H groups in total. The van der Waals surface area contributed by atoms with E-state index in [2.05, 4.69) is 25.3 Å². The first-order valence-corrected chi connectivity index (χ1v) is 11.1. The number of amides is 1. The summed E-state index contributed by atoms with van der Waals surface area (Å²) >= 11 is 0. The largest absolute Gasteiger partial charge is 0.497 e. The molecular formula is C25H24FN5O3. The van der Waals surface area contributed by atoms with Gasteiger partial charge >= 0.3 is 0 Å². The highest BCUT2D eigenvalue weighted by Crippen LogP contribution is 2.34. The lowest BCUT2D eigenvalue weighted by Gasteiger charge is -2.33. The number of carbonyl (C=O) groups excluding carboxylic acids is 1. The van der Waals surface area contributed by atoms with Crippen LogP contribution in [0.1, 0.15) is 18.4 Å². The third-order valence-corrected chi connectivity index (χ3v) is 6.09. The van der Waals surface area contributed by atoms with Crippen LogP contribution >= 0.6 is 0 Å². The fourth-order valence-corrected chi connectivity index (χ4v) is 4.28. The molecule has 174 valence electrons. The Morgan fingerprint density at radius 1 is 1.18 bits per heavy atom. The van der Waals surface area contributed by atoms with Gasteiger partial charge in [0.2, 0.25) is 5.91 Å². The lowest BCUT2D eigenvalue weighted by Crippen LogP contribution is -2.43. The Morgan fingerprint density at radius 2 is 1.97 bits per heavy atom. The van der Waals surface area contributed by atoms with Crippen LogP contribution in [0.4, 0.5) is 10.2 Å². The minimum Gasteiger partial charge on any atom is -0.497 e. The van der Waals surface area contributed by atoms with E-state index in [4.69, 9.17) is 9.26 Å². The van der Waals surface area contributed by atoms with Gasteiger partial charge in [0.05, 0.1) is 13.0 Å². The molecule has 1 aliphatic rings. The van der Waals surface area contributed by atoms with Gasteiger partial charge in [-0.15, -0.1) is 0 Å². The Morgan fingerprint density at radius 3 is 2.74 bits per heavy atom. The van der Waals surface area contributed by atoms with Crippen molar-refractivity contribution >= 4 is 22.8 Å². The summed E-state index contributed by atoms with van der Waals surface area (Å²) in [5.74, 6) is 0.953. The Bertz CT molecular complexity index is 1290. The zero-order chi connectivity index (χ0) is 23.5. The predicted octanol–water partition coefficient (Wildman–Crippen LogP) is 3.97. The topological polar surface area (TPSA) is 93.4 Å². The maximum absolute atomic E-state index is 13.4. The van der Waals surface area contributed by atoms with Crippen molar-refractivity contribution in [2.75, 3.05) is 25.1 Å². The van der Waals surface area contributed by atoms with Crippen LogP contribution in [0.2, 0.25) is 0 Å². The van der Waals surface area contributed by atoms with Crippen molar-refractivity contribution in [2.24, 2.45) is 5.92 Å². The number of nitrogens with one attached hydrogen (secondary N) is 1. The molecule has 8 nitrogen and oxygen atoms in total. The van der Waals surface area contributed by atoms with Gasteiger partial charge in [0.25, 0.3) is 5.71 Å². The molecule has 0 radical (unpaired) electrons. The van der Waals surface area contributed by atoms with E-state index in [1.807, 2.05) is 24.3 Å². The number of hydrogen-bond acceptors (Lipinski definition) is 7. The number of rotatable bonds is 6. The molecule has 1 aliphatic heterocycles. The number of nitrogens with zero attached hydrogens (tertiary/aromatic N) is 4. The fourth-order valence-electron chi connectivity index (χ4n) is 4.28. The molecule has 2 aromatic carbocycles. The number of anilines is 1. The summed E-state index contributed by atoms with van der Waals surface area (Å²) < 4.78 is 24.0. The van der Waals surface area contributed by atoms with E-state index in [0.29, 0.717) is 41.3 Å². The minimum atomic E-state index is -0.326. The van der Waals surface area contributed by atoms with Gasteiger partial charge in [0.1, 0.15) is 34.8 Å². The van der Waals surface area contributed by atoms with Crippen LogP contribution in [0.5, 0.6) is 5.75 Å². The van der Waals surface area contributed by atoms with Crippen LogP contribution in [-0.2, 0) is 11.3 Å². The molecule has 1 unspecified atom stereocenters. The molecule has 3 heterocycles. The van der Waals surface area contributed by atoms with Crippen LogP contribution in [0.3, 0.4) is 0 Å². The monoisotopic (exact) mass is 461 g/mol. The zero-order valence-corrected chi connectivity index (χ0v) is 18.7. The van der Waals surface area contributed by atoms with E-state index in [1.165, 1.54) is 18.5 Å². The summed E-state index contributed by atoms with van der Waals surface area (Å²) in [6, 6.07) is 13.7. The molecule has 1 saturated heterocycles. The third-order valence-electron chi connectivity index (χ3n) is 6.09. The molecule has 0 saturated carbocycles. The second-order valence-corrected chi connectivity index (χ2v) is 8.27. The van der Waals surface area contributed by atoms with Gasteiger partial charge in [-0.2, -0.15) is 4.98 Å². The molecule has 1 atom stereocenters. The quantitative estimate of drug-likeness (QED) is 0.464. The molecule has 2 aromatic heterocycles. The summed E-state index contributed by atoms with van der Waals surface area (Å²) in [4.78, 5) is 23.7. The summed E-state index contributed by atoms with van der Waals surface area (Å²) in [5, 5.41) is 7.87. The smallest absolute Gasteiger partial charge is 0.263 e. The van der Waals surface area contributed by atoms with Crippen molar-refractivity contribution in [1.29, 1.82) is 0 Å². The number of hydrogen-bond donors (Lipinski definition) is 1. The Hall–Kier alpha value is -4.01. The van der Waals surface area contributed by atoms with E-state index >= 15 is 0 Å². The molecule has 0 spiro atoms. The molecule has 5 rings (SSSR count). The Kier molecular flexibility index (Phi) is 6.07. The molecule has 1 fully saturated rings. The van der Waals surface area contributed by atoms with Gasteiger partial charge in [0.15, 0.2) is 0 Å². The highest BCUT2D eigenvalue weighted by Gasteiger charge is 2.29. The van der Waals surface area contributed by atoms with Gasteiger partial charge in [-0.05, 0) is 54.8 Å². The van der Waals surface area contributed by atoms with Gasteiger partial charge < -0.3 is 19.5 Å². The van der Waals surface area contributed by atoms with Crippen molar-refractivity contribution in [1.82, 2.24) is 20.4 Å². The average Bonchev–Trinajstić information content (AvgIpc) is 3.32. The maximum Gasteiger partial charge on any atom is 0.263 e. The normalized spacial score (nSPS) is 15.9. The standard InChI is InChI=1S/C25H24FN5O3/c1-33-20-10-4-16(5-11-20)13-27-24(32)18-3-2-12-31(14-18)23-21-22(17-6-8-19(26)9-7-17)30-34-25(21)29-15-28-23/h4-11,15,18H,2-3,12-14H2,1H3,(H,27,32). The van der Waals surface area contributed by atoms with Gasteiger partial charge in [0, 0.05) is 25.2 Å². The van der Waals surface area contributed by atoms with Crippen LogP contribution in [0.25, 0.3) is 22.4 Å². The lowest BCUT2D eigenvalue weighted by atomic mass is 9.96. The van der Waals surface area contributed by atoms with Gasteiger partial charge in [-0.3, -0.25) is 4.79 Å². The minimum absolute atomic E-state index is 0.00916. The van der Waals surface area contributed by atoms with Crippen molar-refractivity contribution < 1.29 is 18.4 Å². The van der Waals surface area contributed by atoms with Crippen LogP contribution in [-0.4, -0.2) is 41.2 Å². The molecular weight excluding hydrogens is 437 g/mol. The van der Waals surface area contributed by atoms with Crippen LogP contribution < -0.4 is 15.0 Å². The first kappa shape index (κ1) is 21.8. The highest BCUT2D eigenvalue weighted by molar-refractivity contribution is 5.98. The fraction of sp³-hybridized carbons (Fsp3) is 0.280. The third kappa shape index (κ3) is 4.41. The SMILES string of the molecule is COc1ccc(CNC(=O)C2CCCN(c3ncnc4onc(-c5ccc(F)cc5)c34)C2)cc1. The van der Waals surface area contributed by atoms with Gasteiger partial charge in [-0.25, -0.2) is 9.37 Å². The van der Waals surface area contributed by atoms with Crippen LogP contribution in [0, 0.1) is 11.7 Å². The molecule has 1 amide bonds. The zero-order valence-electron chi connectivity index (χ0n) is 18.7. The van der Waals surface area contributed by atoms with Crippen molar-refractivity contribution in [3.63, 3.8) is 0 Å². The number of piperidine rings is 1. The number of carbonyl (C=O) groups is 1. The van der Waals surface area contributed by atoms with Gasteiger partial charge in [-0.1, -0.05) is 17.3 Å². The second-order valence-electron chi connectivity index (χ2n) is 8.27. The number of methoxy groups -OCH3 is 1. The van der Waals surface area contributed by atoms with Crippen LogP contribution in [0.15, 0.2) is 59.4 Å². The predicted molar refractivity (Wildman–Crippen MR) is 125 cm³/mol. The Labute approximate surface area is 195 Å². The number of halogens is 1. The van der Waals surface area contributed by atoms with Crippen molar-refractivity contribution in [3.8, 4) is 17.0 Å². The maximum atomic E-state index is 13.4.